The van der Waals surface area contributed by atoms with E-state index in [1.807, 2.05) is 0 Å². The highest BCUT2D eigenvalue weighted by molar-refractivity contribution is 7.22. The van der Waals surface area contributed by atoms with Crippen LogP contribution in [-0.4, -0.2) is 52.1 Å². The lowest BCUT2D eigenvalue weighted by Gasteiger charge is -2.34. The average Bonchev–Trinajstić information content (AvgIpc) is 3.26. The van der Waals surface area contributed by atoms with Crippen LogP contribution >= 0.6 is 11.3 Å². The van der Waals surface area contributed by atoms with Crippen molar-refractivity contribution in [1.82, 2.24) is 15.0 Å². The molecule has 4 rings (SSSR count). The van der Waals surface area contributed by atoms with Crippen molar-refractivity contribution in [3.8, 4) is 0 Å². The predicted molar refractivity (Wildman–Crippen MR) is 95.6 cm³/mol. The normalized spacial score (nSPS) is 14.8. The van der Waals surface area contributed by atoms with E-state index in [4.69, 9.17) is 4.52 Å². The van der Waals surface area contributed by atoms with E-state index >= 15 is 0 Å². The summed E-state index contributed by atoms with van der Waals surface area (Å²) in [6.07, 6.45) is 0. The first-order chi connectivity index (χ1) is 12.5. The molecular formula is C16H15N5O4S. The van der Waals surface area contributed by atoms with Gasteiger partial charge in [0.2, 0.25) is 0 Å². The molecule has 2 aromatic heterocycles. The van der Waals surface area contributed by atoms with Gasteiger partial charge in [0, 0.05) is 44.4 Å². The largest absolute Gasteiger partial charge is 0.361 e. The van der Waals surface area contributed by atoms with Gasteiger partial charge in [-0.3, -0.25) is 14.9 Å². The maximum absolute atomic E-state index is 12.4. The van der Waals surface area contributed by atoms with Crippen molar-refractivity contribution in [2.75, 3.05) is 31.1 Å². The Morgan fingerprint density at radius 3 is 2.69 bits per heavy atom. The van der Waals surface area contributed by atoms with Crippen LogP contribution in [-0.2, 0) is 0 Å². The molecule has 0 N–H and O–H groups in total. The number of nitro benzene ring substituents is 1. The molecule has 1 saturated heterocycles. The summed E-state index contributed by atoms with van der Waals surface area (Å²) in [5.41, 5.74) is 1.13. The zero-order chi connectivity index (χ0) is 18.3. The Bertz CT molecular complexity index is 990. The number of aryl methyl sites for hydroxylation is 1. The number of nitrogens with zero attached hydrogens (tertiary/aromatic N) is 5. The lowest BCUT2D eigenvalue weighted by atomic mass is 10.3. The van der Waals surface area contributed by atoms with E-state index in [9.17, 15) is 14.9 Å². The summed E-state index contributed by atoms with van der Waals surface area (Å²) in [6, 6.07) is 6.31. The molecule has 1 aromatic carbocycles. The molecule has 3 aromatic rings. The maximum atomic E-state index is 12.4. The summed E-state index contributed by atoms with van der Waals surface area (Å²) in [5, 5.41) is 15.5. The van der Waals surface area contributed by atoms with Crippen molar-refractivity contribution in [2.45, 2.75) is 6.92 Å². The Kier molecular flexibility index (Phi) is 4.03. The van der Waals surface area contributed by atoms with Gasteiger partial charge < -0.3 is 14.3 Å². The van der Waals surface area contributed by atoms with Crippen LogP contribution in [0.3, 0.4) is 0 Å². The smallest absolute Gasteiger partial charge is 0.276 e. The van der Waals surface area contributed by atoms with Crippen LogP contribution in [0, 0.1) is 17.0 Å². The fraction of sp³-hybridized carbons (Fsp3) is 0.312. The number of anilines is 1. The molecule has 0 spiro atoms. The topological polar surface area (TPSA) is 106 Å². The fourth-order valence-corrected chi connectivity index (χ4v) is 3.93. The molecule has 1 fully saturated rings. The molecule has 26 heavy (non-hydrogen) atoms. The number of hydrogen-bond donors (Lipinski definition) is 0. The van der Waals surface area contributed by atoms with Crippen LogP contribution in [0.2, 0.25) is 0 Å². The zero-order valence-corrected chi connectivity index (χ0v) is 14.7. The van der Waals surface area contributed by atoms with Gasteiger partial charge >= 0.3 is 0 Å². The molecule has 0 aliphatic carbocycles. The van der Waals surface area contributed by atoms with Crippen LogP contribution in [0.4, 0.5) is 10.8 Å². The first-order valence-corrected chi connectivity index (χ1v) is 8.85. The molecule has 1 aliphatic heterocycles. The summed E-state index contributed by atoms with van der Waals surface area (Å²) < 4.78 is 5.75. The van der Waals surface area contributed by atoms with Crippen molar-refractivity contribution < 1.29 is 14.2 Å². The third-order valence-corrected chi connectivity index (χ3v) is 5.33. The van der Waals surface area contributed by atoms with Crippen molar-refractivity contribution in [1.29, 1.82) is 0 Å². The minimum Gasteiger partial charge on any atom is -0.361 e. The molecular weight excluding hydrogens is 358 g/mol. The lowest BCUT2D eigenvalue weighted by molar-refractivity contribution is -0.384. The van der Waals surface area contributed by atoms with E-state index in [-0.39, 0.29) is 11.6 Å². The summed E-state index contributed by atoms with van der Waals surface area (Å²) >= 11 is 1.42. The Labute approximate surface area is 152 Å². The maximum Gasteiger partial charge on any atom is 0.276 e. The molecule has 3 heterocycles. The van der Waals surface area contributed by atoms with Gasteiger partial charge in [-0.05, 0) is 13.0 Å². The summed E-state index contributed by atoms with van der Waals surface area (Å²) in [6.45, 7) is 4.15. The monoisotopic (exact) mass is 373 g/mol. The number of carbonyl (C=O) groups is 1. The Hall–Kier alpha value is -3.01. The van der Waals surface area contributed by atoms with E-state index in [0.717, 1.165) is 15.3 Å². The van der Waals surface area contributed by atoms with Crippen molar-refractivity contribution in [2.24, 2.45) is 0 Å². The van der Waals surface area contributed by atoms with E-state index in [2.05, 4.69) is 15.0 Å². The van der Waals surface area contributed by atoms with Crippen molar-refractivity contribution in [3.63, 3.8) is 0 Å². The molecule has 1 aliphatic rings. The number of hydrogen-bond acceptors (Lipinski definition) is 8. The molecule has 1 amide bonds. The minimum absolute atomic E-state index is 0.0611. The average molecular weight is 373 g/mol. The predicted octanol–water partition coefficient (Wildman–Crippen LogP) is 2.46. The highest BCUT2D eigenvalue weighted by Crippen LogP contribution is 2.31. The second-order valence-electron chi connectivity index (χ2n) is 6.01. The summed E-state index contributed by atoms with van der Waals surface area (Å²) in [5.74, 6) is 0.469. The number of rotatable bonds is 3. The number of carbonyl (C=O) groups excluding carboxylic acids is 1. The third-order valence-electron chi connectivity index (χ3n) is 4.26. The van der Waals surface area contributed by atoms with Crippen LogP contribution in [0.15, 0.2) is 28.8 Å². The van der Waals surface area contributed by atoms with Crippen LogP contribution < -0.4 is 4.90 Å². The van der Waals surface area contributed by atoms with E-state index < -0.39 is 4.92 Å². The zero-order valence-electron chi connectivity index (χ0n) is 13.9. The fourth-order valence-electron chi connectivity index (χ4n) is 2.88. The summed E-state index contributed by atoms with van der Waals surface area (Å²) in [4.78, 5) is 31.3. The van der Waals surface area contributed by atoms with E-state index in [1.165, 1.54) is 17.4 Å². The number of amides is 1. The van der Waals surface area contributed by atoms with Crippen LogP contribution in [0.1, 0.15) is 16.2 Å². The highest BCUT2D eigenvalue weighted by atomic mass is 32.1. The van der Waals surface area contributed by atoms with Gasteiger partial charge in [0.05, 0.1) is 15.1 Å². The first kappa shape index (κ1) is 16.5. The van der Waals surface area contributed by atoms with E-state index in [0.29, 0.717) is 37.6 Å². The van der Waals surface area contributed by atoms with Gasteiger partial charge in [-0.25, -0.2) is 4.98 Å². The van der Waals surface area contributed by atoms with Gasteiger partial charge in [0.1, 0.15) is 5.76 Å². The quantitative estimate of drug-likeness (QED) is 0.513. The molecule has 9 nitrogen and oxygen atoms in total. The number of nitro groups is 1. The number of fused-ring (bicyclic) bond motifs is 1. The molecule has 0 radical (unpaired) electrons. The lowest BCUT2D eigenvalue weighted by Crippen LogP contribution is -2.48. The standard InChI is InChI=1S/C16H15N5O4S/c1-10-8-13(18-25-10)15(22)19-4-6-20(7-5-19)16-17-12-3-2-11(21(23)24)9-14(12)26-16/h2-3,8-9H,4-7H2,1H3. The molecule has 10 heteroatoms. The van der Waals surface area contributed by atoms with Crippen LogP contribution in [0.5, 0.6) is 0 Å². The Morgan fingerprint density at radius 2 is 2.04 bits per heavy atom. The van der Waals surface area contributed by atoms with Gasteiger partial charge in [0.25, 0.3) is 11.6 Å². The van der Waals surface area contributed by atoms with Crippen molar-refractivity contribution in [3.05, 3.63) is 45.8 Å². The summed E-state index contributed by atoms with van der Waals surface area (Å²) in [7, 11) is 0. The number of thiazole rings is 1. The number of aromatic nitrogens is 2. The molecule has 0 saturated carbocycles. The van der Waals surface area contributed by atoms with Gasteiger partial charge in [-0.15, -0.1) is 0 Å². The number of benzene rings is 1. The first-order valence-electron chi connectivity index (χ1n) is 8.04. The second-order valence-corrected chi connectivity index (χ2v) is 7.02. The van der Waals surface area contributed by atoms with Gasteiger partial charge in [0.15, 0.2) is 10.8 Å². The SMILES string of the molecule is Cc1cc(C(=O)N2CCN(c3nc4ccc([N+](=O)[O-])cc4s3)CC2)no1. The molecule has 0 unspecified atom stereocenters. The Morgan fingerprint density at radius 1 is 1.27 bits per heavy atom. The van der Waals surface area contributed by atoms with Crippen LogP contribution in [0.25, 0.3) is 10.2 Å². The van der Waals surface area contributed by atoms with E-state index in [1.54, 1.807) is 30.0 Å². The van der Waals surface area contributed by atoms with Gasteiger partial charge in [-0.2, -0.15) is 0 Å². The Balaban J connectivity index is 1.47. The molecule has 0 atom stereocenters. The minimum atomic E-state index is -0.408. The molecule has 134 valence electrons. The second kappa shape index (κ2) is 6.37. The number of non-ortho nitro benzene ring substituents is 1. The van der Waals surface area contributed by atoms with Crippen molar-refractivity contribution >= 4 is 38.3 Å². The van der Waals surface area contributed by atoms with Gasteiger partial charge in [-0.1, -0.05) is 16.5 Å². The number of piperazine rings is 1. The molecule has 0 bridgehead atoms. The third kappa shape index (κ3) is 2.99. The highest BCUT2D eigenvalue weighted by Gasteiger charge is 2.25.